The average molecular weight is 409 g/mol. The van der Waals surface area contributed by atoms with Crippen LogP contribution in [0.4, 0.5) is 8.78 Å². The summed E-state index contributed by atoms with van der Waals surface area (Å²) in [5.74, 6) is -0.783. The minimum absolute atomic E-state index is 0.114. The van der Waals surface area contributed by atoms with Crippen LogP contribution in [0.15, 0.2) is 65.6 Å². The molecular formula is C22H17F2N3OS. The molecule has 7 heteroatoms. The second-order valence-corrected chi connectivity index (χ2v) is 7.68. The third kappa shape index (κ3) is 3.87. The first-order valence-electron chi connectivity index (χ1n) is 8.87. The fourth-order valence-corrected chi connectivity index (χ4v) is 3.89. The van der Waals surface area contributed by atoms with Gasteiger partial charge in [0.15, 0.2) is 0 Å². The largest absolute Gasteiger partial charge is 0.338 e. The lowest BCUT2D eigenvalue weighted by Gasteiger charge is -2.08. The molecule has 3 aromatic carbocycles. The summed E-state index contributed by atoms with van der Waals surface area (Å²) in [6.07, 6.45) is 2.89. The van der Waals surface area contributed by atoms with Crippen LogP contribution in [0, 0.1) is 11.6 Å². The van der Waals surface area contributed by atoms with E-state index in [-0.39, 0.29) is 5.56 Å². The molecule has 0 aliphatic carbocycles. The zero-order chi connectivity index (χ0) is 20.4. The molecular weight excluding hydrogens is 392 g/mol. The molecule has 4 rings (SSSR count). The van der Waals surface area contributed by atoms with Crippen LogP contribution in [-0.4, -0.2) is 21.2 Å². The summed E-state index contributed by atoms with van der Waals surface area (Å²) < 4.78 is 42.6. The molecule has 0 aliphatic rings. The molecule has 29 heavy (non-hydrogen) atoms. The number of aromatic nitrogens is 2. The number of nitrogens with zero attached hydrogens (tertiary/aromatic N) is 1. The Hall–Kier alpha value is -3.16. The molecule has 0 spiro atoms. The number of fused-ring (bicyclic) bond motifs is 1. The van der Waals surface area contributed by atoms with Gasteiger partial charge in [-0.15, -0.1) is 0 Å². The smallest absolute Gasteiger partial charge is 0.133 e. The summed E-state index contributed by atoms with van der Waals surface area (Å²) in [5, 5.41) is 0. The quantitative estimate of drug-likeness (QED) is 0.492. The van der Waals surface area contributed by atoms with Gasteiger partial charge in [-0.1, -0.05) is 30.3 Å². The van der Waals surface area contributed by atoms with Gasteiger partial charge in [-0.05, 0) is 60.7 Å². The van der Waals surface area contributed by atoms with Crippen molar-refractivity contribution < 1.29 is 13.0 Å². The lowest BCUT2D eigenvalue weighted by Crippen LogP contribution is -2.11. The van der Waals surface area contributed by atoms with Crippen LogP contribution in [0.2, 0.25) is 0 Å². The highest BCUT2D eigenvalue weighted by atomic mass is 32.2. The third-order valence-corrected chi connectivity index (χ3v) is 5.62. The number of hydrogen-bond donors (Lipinski definition) is 2. The lowest BCUT2D eigenvalue weighted by molar-refractivity contribution is 0.579. The fraction of sp³-hybridized carbons (Fsp3) is 0.0455. The van der Waals surface area contributed by atoms with Crippen molar-refractivity contribution in [2.75, 3.05) is 7.05 Å². The van der Waals surface area contributed by atoms with Crippen LogP contribution in [0.25, 0.3) is 34.3 Å². The van der Waals surface area contributed by atoms with Crippen molar-refractivity contribution >= 4 is 34.2 Å². The maximum Gasteiger partial charge on any atom is 0.133 e. The maximum absolute atomic E-state index is 13.8. The van der Waals surface area contributed by atoms with Crippen LogP contribution in [0.1, 0.15) is 11.4 Å². The molecule has 1 unspecified atom stereocenters. The Balaban J connectivity index is 1.71. The van der Waals surface area contributed by atoms with Crippen molar-refractivity contribution in [2.45, 2.75) is 4.90 Å². The molecule has 146 valence electrons. The Morgan fingerprint density at radius 3 is 2.52 bits per heavy atom. The van der Waals surface area contributed by atoms with E-state index in [9.17, 15) is 13.0 Å². The van der Waals surface area contributed by atoms with E-state index in [1.54, 1.807) is 7.05 Å². The van der Waals surface area contributed by atoms with Gasteiger partial charge >= 0.3 is 0 Å². The van der Waals surface area contributed by atoms with Gasteiger partial charge in [0.2, 0.25) is 0 Å². The third-order valence-electron chi connectivity index (χ3n) is 4.49. The molecule has 1 aromatic heterocycles. The zero-order valence-corrected chi connectivity index (χ0v) is 16.3. The van der Waals surface area contributed by atoms with Crippen LogP contribution < -0.4 is 4.72 Å². The summed E-state index contributed by atoms with van der Waals surface area (Å²) in [7, 11) is 0.323. The average Bonchev–Trinajstić information content (AvgIpc) is 3.15. The van der Waals surface area contributed by atoms with E-state index in [4.69, 9.17) is 0 Å². The molecule has 0 saturated carbocycles. The SMILES string of the molecule is CNS(=O)c1ccccc1-c1ccc2nc(/C=C/c3c(F)cccc3F)[nH]c2c1. The van der Waals surface area contributed by atoms with Gasteiger partial charge in [-0.2, -0.15) is 0 Å². The lowest BCUT2D eigenvalue weighted by atomic mass is 10.1. The number of H-pyrrole nitrogens is 1. The van der Waals surface area contributed by atoms with E-state index in [2.05, 4.69) is 14.7 Å². The molecule has 0 fully saturated rings. The van der Waals surface area contributed by atoms with E-state index >= 15 is 0 Å². The summed E-state index contributed by atoms with van der Waals surface area (Å²) in [6.45, 7) is 0. The van der Waals surface area contributed by atoms with Crippen molar-refractivity contribution in [1.29, 1.82) is 0 Å². The van der Waals surface area contributed by atoms with Crippen LogP contribution in [0.5, 0.6) is 0 Å². The van der Waals surface area contributed by atoms with Crippen LogP contribution >= 0.6 is 0 Å². The number of imidazole rings is 1. The summed E-state index contributed by atoms with van der Waals surface area (Å²) in [4.78, 5) is 8.26. The maximum atomic E-state index is 13.8. The predicted octanol–water partition coefficient (Wildman–Crippen LogP) is 4.92. The van der Waals surface area contributed by atoms with Gasteiger partial charge in [0, 0.05) is 5.56 Å². The Kier molecular flexibility index (Phi) is 5.33. The van der Waals surface area contributed by atoms with Crippen molar-refractivity contribution in [3.63, 3.8) is 0 Å². The highest BCUT2D eigenvalue weighted by Gasteiger charge is 2.11. The molecule has 0 amide bonds. The molecule has 1 heterocycles. The molecule has 4 nitrogen and oxygen atoms in total. The van der Waals surface area contributed by atoms with E-state index < -0.39 is 22.6 Å². The minimum Gasteiger partial charge on any atom is -0.338 e. The molecule has 0 radical (unpaired) electrons. The standard InChI is InChI=1S/C22H17F2N3OS/c1-25-29(28)21-8-3-2-5-15(21)14-9-11-19-20(13-14)27-22(26-19)12-10-16-17(23)6-4-7-18(16)24/h2-13,25H,1H3,(H,26,27)/b12-10+. The van der Waals surface area contributed by atoms with Gasteiger partial charge in [0.05, 0.1) is 15.9 Å². The first-order chi connectivity index (χ1) is 14.1. The highest BCUT2D eigenvalue weighted by molar-refractivity contribution is 7.83. The van der Waals surface area contributed by atoms with Gasteiger partial charge in [-0.25, -0.2) is 22.7 Å². The summed E-state index contributed by atoms with van der Waals surface area (Å²) in [5.41, 5.74) is 3.10. The Morgan fingerprint density at radius 1 is 1.00 bits per heavy atom. The van der Waals surface area contributed by atoms with Gasteiger partial charge in [-0.3, -0.25) is 0 Å². The number of rotatable bonds is 5. The highest BCUT2D eigenvalue weighted by Crippen LogP contribution is 2.28. The number of nitrogens with one attached hydrogen (secondary N) is 2. The molecule has 4 aromatic rings. The minimum atomic E-state index is -1.32. The molecule has 0 aliphatic heterocycles. The Bertz CT molecular complexity index is 1230. The summed E-state index contributed by atoms with van der Waals surface area (Å²) in [6, 6.07) is 16.9. The normalized spacial score (nSPS) is 12.7. The zero-order valence-electron chi connectivity index (χ0n) is 15.4. The van der Waals surface area contributed by atoms with Crippen molar-refractivity contribution in [2.24, 2.45) is 0 Å². The van der Waals surface area contributed by atoms with Crippen molar-refractivity contribution in [3.05, 3.63) is 83.7 Å². The number of hydrogen-bond acceptors (Lipinski definition) is 2. The second kappa shape index (κ2) is 8.06. The predicted molar refractivity (Wildman–Crippen MR) is 112 cm³/mol. The Labute approximate surface area is 168 Å². The Morgan fingerprint density at radius 2 is 1.76 bits per heavy atom. The summed E-state index contributed by atoms with van der Waals surface area (Å²) >= 11 is 0. The second-order valence-electron chi connectivity index (χ2n) is 6.29. The fourth-order valence-electron chi connectivity index (χ4n) is 3.08. The molecule has 1 atom stereocenters. The number of aromatic amines is 1. The van der Waals surface area contributed by atoms with E-state index in [0.717, 1.165) is 22.2 Å². The van der Waals surface area contributed by atoms with Gasteiger partial charge in [0.1, 0.15) is 28.4 Å². The van der Waals surface area contributed by atoms with E-state index in [1.165, 1.54) is 30.4 Å². The van der Waals surface area contributed by atoms with Crippen molar-refractivity contribution in [3.8, 4) is 11.1 Å². The molecule has 2 N–H and O–H groups in total. The van der Waals surface area contributed by atoms with Crippen molar-refractivity contribution in [1.82, 2.24) is 14.7 Å². The molecule has 0 saturated heterocycles. The van der Waals surface area contributed by atoms with Crippen LogP contribution in [-0.2, 0) is 11.0 Å². The number of halogens is 2. The van der Waals surface area contributed by atoms with Gasteiger partial charge in [0.25, 0.3) is 0 Å². The van der Waals surface area contributed by atoms with E-state index in [1.807, 2.05) is 42.5 Å². The monoisotopic (exact) mass is 409 g/mol. The number of benzene rings is 3. The van der Waals surface area contributed by atoms with Gasteiger partial charge < -0.3 is 4.98 Å². The van der Waals surface area contributed by atoms with E-state index in [0.29, 0.717) is 10.7 Å². The first-order valence-corrected chi connectivity index (χ1v) is 10.0. The first kappa shape index (κ1) is 19.2. The molecule has 0 bridgehead atoms. The topological polar surface area (TPSA) is 57.8 Å². The van der Waals surface area contributed by atoms with Crippen LogP contribution in [0.3, 0.4) is 0 Å².